The van der Waals surface area contributed by atoms with Gasteiger partial charge in [0.1, 0.15) is 11.6 Å². The van der Waals surface area contributed by atoms with Crippen molar-refractivity contribution >= 4 is 5.97 Å². The second kappa shape index (κ2) is 6.20. The van der Waals surface area contributed by atoms with Gasteiger partial charge in [-0.15, -0.1) is 0 Å². The second-order valence-electron chi connectivity index (χ2n) is 3.57. The highest BCUT2D eigenvalue weighted by atomic mass is 19.1. The number of halogens is 1. The Bertz CT molecular complexity index is 404. The Labute approximate surface area is 99.0 Å². The highest BCUT2D eigenvalue weighted by Gasteiger charge is 2.13. The van der Waals surface area contributed by atoms with Gasteiger partial charge in [-0.25, -0.2) is 4.39 Å². The van der Waals surface area contributed by atoms with E-state index in [1.807, 2.05) is 0 Å². The third-order valence-electron chi connectivity index (χ3n) is 2.37. The molecule has 0 saturated carbocycles. The van der Waals surface area contributed by atoms with Crippen LogP contribution < -0.4 is 4.74 Å². The van der Waals surface area contributed by atoms with Crippen LogP contribution in [0, 0.1) is 5.82 Å². The topological polar surface area (TPSA) is 55.8 Å². The molecule has 0 aromatic heterocycles. The average molecular weight is 242 g/mol. The molecule has 5 heteroatoms. The molecule has 0 fully saturated rings. The van der Waals surface area contributed by atoms with E-state index in [-0.39, 0.29) is 19.4 Å². The molecule has 0 spiro atoms. The third-order valence-corrected chi connectivity index (χ3v) is 2.37. The van der Waals surface area contributed by atoms with Crippen molar-refractivity contribution in [3.05, 3.63) is 29.1 Å². The van der Waals surface area contributed by atoms with Crippen molar-refractivity contribution in [2.75, 3.05) is 14.2 Å². The standard InChI is InChI=1S/C12H15FO4/c1-16-7-8-5-9(13)6-11(17-2)10(8)3-4-12(14)15/h5-6H,3-4,7H2,1-2H3,(H,14,15). The van der Waals surface area contributed by atoms with Gasteiger partial charge < -0.3 is 14.6 Å². The van der Waals surface area contributed by atoms with Crippen molar-refractivity contribution < 1.29 is 23.8 Å². The number of aliphatic carboxylic acids is 1. The zero-order valence-corrected chi connectivity index (χ0v) is 9.83. The van der Waals surface area contributed by atoms with Gasteiger partial charge >= 0.3 is 5.97 Å². The van der Waals surface area contributed by atoms with Crippen LogP contribution in [0.3, 0.4) is 0 Å². The Morgan fingerprint density at radius 2 is 2.12 bits per heavy atom. The van der Waals surface area contributed by atoms with Crippen LogP contribution in [0.25, 0.3) is 0 Å². The first-order chi connectivity index (χ1) is 8.08. The van der Waals surface area contributed by atoms with E-state index in [2.05, 4.69) is 0 Å². The number of methoxy groups -OCH3 is 2. The van der Waals surface area contributed by atoms with Crippen molar-refractivity contribution in [1.29, 1.82) is 0 Å². The van der Waals surface area contributed by atoms with Crippen molar-refractivity contribution in [2.24, 2.45) is 0 Å². The fraction of sp³-hybridized carbons (Fsp3) is 0.417. The van der Waals surface area contributed by atoms with E-state index in [0.717, 1.165) is 0 Å². The minimum Gasteiger partial charge on any atom is -0.496 e. The lowest BCUT2D eigenvalue weighted by Gasteiger charge is -2.13. The maximum atomic E-state index is 13.3. The van der Waals surface area contributed by atoms with Crippen LogP contribution in [-0.2, 0) is 22.6 Å². The molecule has 0 amide bonds. The predicted molar refractivity (Wildman–Crippen MR) is 59.6 cm³/mol. The summed E-state index contributed by atoms with van der Waals surface area (Å²) in [5, 5.41) is 8.67. The van der Waals surface area contributed by atoms with Gasteiger partial charge in [0, 0.05) is 25.2 Å². The molecule has 0 aliphatic carbocycles. The maximum absolute atomic E-state index is 13.3. The lowest BCUT2D eigenvalue weighted by atomic mass is 10.0. The summed E-state index contributed by atoms with van der Waals surface area (Å²) in [6.07, 6.45) is 0.260. The van der Waals surface area contributed by atoms with Crippen LogP contribution in [0.5, 0.6) is 5.75 Å². The molecule has 0 aliphatic heterocycles. The van der Waals surface area contributed by atoms with Gasteiger partial charge in [-0.3, -0.25) is 4.79 Å². The van der Waals surface area contributed by atoms with Crippen LogP contribution in [-0.4, -0.2) is 25.3 Å². The third kappa shape index (κ3) is 3.71. The Morgan fingerprint density at radius 3 is 2.65 bits per heavy atom. The van der Waals surface area contributed by atoms with Gasteiger partial charge in [0.05, 0.1) is 13.7 Å². The summed E-state index contributed by atoms with van der Waals surface area (Å²) in [6.45, 7) is 0.225. The molecule has 1 aromatic carbocycles. The molecule has 0 unspecified atom stereocenters. The summed E-state index contributed by atoms with van der Waals surface area (Å²) in [5.74, 6) is -0.967. The summed E-state index contributed by atoms with van der Waals surface area (Å²) < 4.78 is 23.3. The first-order valence-corrected chi connectivity index (χ1v) is 5.14. The smallest absolute Gasteiger partial charge is 0.303 e. The molecular weight excluding hydrogens is 227 g/mol. The highest BCUT2D eigenvalue weighted by molar-refractivity contribution is 5.67. The van der Waals surface area contributed by atoms with Gasteiger partial charge in [0.25, 0.3) is 0 Å². The van der Waals surface area contributed by atoms with Gasteiger partial charge in [-0.1, -0.05) is 0 Å². The average Bonchev–Trinajstić information content (AvgIpc) is 2.27. The number of rotatable bonds is 6. The van der Waals surface area contributed by atoms with Gasteiger partial charge in [-0.2, -0.15) is 0 Å². The molecule has 1 aromatic rings. The highest BCUT2D eigenvalue weighted by Crippen LogP contribution is 2.26. The van der Waals surface area contributed by atoms with E-state index in [1.165, 1.54) is 26.4 Å². The minimum atomic E-state index is -0.903. The SMILES string of the molecule is COCc1cc(F)cc(OC)c1CCC(=O)O. The molecule has 1 rings (SSSR count). The molecule has 94 valence electrons. The molecule has 1 N–H and O–H groups in total. The first-order valence-electron chi connectivity index (χ1n) is 5.14. The van der Waals surface area contributed by atoms with Crippen molar-refractivity contribution in [3.8, 4) is 5.75 Å². The largest absolute Gasteiger partial charge is 0.496 e. The van der Waals surface area contributed by atoms with E-state index < -0.39 is 11.8 Å². The molecule has 0 aliphatic rings. The van der Waals surface area contributed by atoms with Crippen LogP contribution in [0.15, 0.2) is 12.1 Å². The van der Waals surface area contributed by atoms with Crippen LogP contribution in [0.1, 0.15) is 17.5 Å². The first kappa shape index (κ1) is 13.4. The predicted octanol–water partition coefficient (Wildman–Crippen LogP) is 2.00. The number of carbonyl (C=O) groups is 1. The van der Waals surface area contributed by atoms with Crippen molar-refractivity contribution in [3.63, 3.8) is 0 Å². The van der Waals surface area contributed by atoms with E-state index in [9.17, 15) is 9.18 Å². The lowest BCUT2D eigenvalue weighted by Crippen LogP contribution is -2.04. The molecule has 0 bridgehead atoms. The zero-order valence-electron chi connectivity index (χ0n) is 9.83. The van der Waals surface area contributed by atoms with Crippen LogP contribution in [0.2, 0.25) is 0 Å². The Hall–Kier alpha value is -1.62. The Balaban J connectivity index is 3.07. The normalized spacial score (nSPS) is 10.3. The molecule has 0 heterocycles. The van der Waals surface area contributed by atoms with E-state index in [0.29, 0.717) is 16.9 Å². The van der Waals surface area contributed by atoms with Crippen LogP contribution >= 0.6 is 0 Å². The second-order valence-corrected chi connectivity index (χ2v) is 3.57. The monoisotopic (exact) mass is 242 g/mol. The Kier molecular flexibility index (Phi) is 4.90. The summed E-state index contributed by atoms with van der Waals surface area (Å²) in [5.41, 5.74) is 1.30. The van der Waals surface area contributed by atoms with Crippen LogP contribution in [0.4, 0.5) is 4.39 Å². The van der Waals surface area contributed by atoms with E-state index >= 15 is 0 Å². The summed E-state index contributed by atoms with van der Waals surface area (Å²) >= 11 is 0. The van der Waals surface area contributed by atoms with Gasteiger partial charge in [0.15, 0.2) is 0 Å². The van der Waals surface area contributed by atoms with Crippen molar-refractivity contribution in [2.45, 2.75) is 19.4 Å². The quantitative estimate of drug-likeness (QED) is 0.828. The molecule has 0 radical (unpaired) electrons. The van der Waals surface area contributed by atoms with Crippen molar-refractivity contribution in [1.82, 2.24) is 0 Å². The number of ether oxygens (including phenoxy) is 2. The zero-order chi connectivity index (χ0) is 12.8. The molecule has 0 atom stereocenters. The molecular formula is C12H15FO4. The van der Waals surface area contributed by atoms with Gasteiger partial charge in [-0.05, 0) is 18.1 Å². The van der Waals surface area contributed by atoms with E-state index in [1.54, 1.807) is 0 Å². The number of carboxylic acid groups (broad SMARTS) is 1. The maximum Gasteiger partial charge on any atom is 0.303 e. The number of carboxylic acids is 1. The number of benzene rings is 1. The molecule has 4 nitrogen and oxygen atoms in total. The summed E-state index contributed by atoms with van der Waals surface area (Å²) in [6, 6.07) is 2.58. The fourth-order valence-corrected chi connectivity index (χ4v) is 1.65. The van der Waals surface area contributed by atoms with Gasteiger partial charge in [0.2, 0.25) is 0 Å². The summed E-state index contributed by atoms with van der Waals surface area (Å²) in [4.78, 5) is 10.6. The number of hydrogen-bond donors (Lipinski definition) is 1. The molecule has 17 heavy (non-hydrogen) atoms. The molecule has 0 saturated heterocycles. The summed E-state index contributed by atoms with van der Waals surface area (Å²) in [7, 11) is 2.92. The fourth-order valence-electron chi connectivity index (χ4n) is 1.65. The Morgan fingerprint density at radius 1 is 1.41 bits per heavy atom. The van der Waals surface area contributed by atoms with E-state index in [4.69, 9.17) is 14.6 Å². The lowest BCUT2D eigenvalue weighted by molar-refractivity contribution is -0.136. The minimum absolute atomic E-state index is 0.0291. The number of hydrogen-bond acceptors (Lipinski definition) is 3.